The third kappa shape index (κ3) is 3.35. The maximum Gasteiger partial charge on any atom is 0.123 e. The monoisotopic (exact) mass is 297 g/mol. The molecule has 0 radical (unpaired) electrons. The number of benzene rings is 1. The average Bonchev–Trinajstić information content (AvgIpc) is 2.32. The van der Waals surface area contributed by atoms with Gasteiger partial charge in [0, 0.05) is 10.6 Å². The fourth-order valence-corrected chi connectivity index (χ4v) is 3.99. The van der Waals surface area contributed by atoms with Crippen molar-refractivity contribution in [3.8, 4) is 0 Å². The Balaban J connectivity index is 2.30. The maximum absolute atomic E-state index is 13.5. The number of nitrogens with two attached hydrogens (primary N) is 1. The van der Waals surface area contributed by atoms with E-state index in [9.17, 15) is 4.39 Å². The Hall–Kier alpha value is -0.600. The third-order valence-electron chi connectivity index (χ3n) is 4.65. The van der Waals surface area contributed by atoms with Gasteiger partial charge >= 0.3 is 0 Å². The lowest BCUT2D eigenvalue weighted by Gasteiger charge is -2.48. The van der Waals surface area contributed by atoms with Gasteiger partial charge in [-0.05, 0) is 54.4 Å². The summed E-state index contributed by atoms with van der Waals surface area (Å²) in [5.74, 6) is 0.194. The van der Waals surface area contributed by atoms with Gasteiger partial charge in [0.1, 0.15) is 5.82 Å². The van der Waals surface area contributed by atoms with Gasteiger partial charge < -0.3 is 5.73 Å². The predicted molar refractivity (Wildman–Crippen MR) is 83.4 cm³/mol. The molecule has 0 saturated heterocycles. The molecule has 1 aliphatic rings. The Labute approximate surface area is 126 Å². The van der Waals surface area contributed by atoms with E-state index in [0.29, 0.717) is 17.4 Å². The van der Waals surface area contributed by atoms with Crippen LogP contribution >= 0.6 is 11.6 Å². The smallest absolute Gasteiger partial charge is 0.123 e. The first-order valence-corrected chi connectivity index (χ1v) is 7.83. The molecule has 112 valence electrons. The molecule has 20 heavy (non-hydrogen) atoms. The zero-order valence-electron chi connectivity index (χ0n) is 12.7. The summed E-state index contributed by atoms with van der Waals surface area (Å²) < 4.78 is 13.5. The van der Waals surface area contributed by atoms with Crippen molar-refractivity contribution in [1.29, 1.82) is 0 Å². The highest BCUT2D eigenvalue weighted by atomic mass is 35.5. The standard InChI is InChI=1S/C17H25ClFN/c1-16(2,3)15-6-4-5-9-17(15,20)11-12-10-13(19)7-8-14(12)18/h7-8,10,15H,4-6,9,11,20H2,1-3H3. The highest BCUT2D eigenvalue weighted by molar-refractivity contribution is 6.31. The number of hydrogen-bond donors (Lipinski definition) is 1. The van der Waals surface area contributed by atoms with Gasteiger partial charge in [0.05, 0.1) is 0 Å². The summed E-state index contributed by atoms with van der Waals surface area (Å²) in [4.78, 5) is 0. The van der Waals surface area contributed by atoms with Crippen molar-refractivity contribution in [2.24, 2.45) is 17.1 Å². The lowest BCUT2D eigenvalue weighted by molar-refractivity contribution is 0.0793. The molecule has 2 unspecified atom stereocenters. The molecule has 3 heteroatoms. The van der Waals surface area contributed by atoms with E-state index in [2.05, 4.69) is 20.8 Å². The van der Waals surface area contributed by atoms with Crippen LogP contribution in [0.2, 0.25) is 5.02 Å². The second-order valence-corrected chi connectivity index (χ2v) is 7.72. The Morgan fingerprint density at radius 2 is 2.05 bits per heavy atom. The van der Waals surface area contributed by atoms with Gasteiger partial charge in [-0.2, -0.15) is 0 Å². The van der Waals surface area contributed by atoms with E-state index in [1.165, 1.54) is 18.6 Å². The number of rotatable bonds is 2. The fourth-order valence-electron chi connectivity index (χ4n) is 3.80. The minimum Gasteiger partial charge on any atom is -0.325 e. The van der Waals surface area contributed by atoms with Crippen LogP contribution in [0.1, 0.15) is 52.0 Å². The van der Waals surface area contributed by atoms with Crippen molar-refractivity contribution in [3.63, 3.8) is 0 Å². The van der Waals surface area contributed by atoms with Crippen LogP contribution in [0.3, 0.4) is 0 Å². The first-order chi connectivity index (χ1) is 9.22. The van der Waals surface area contributed by atoms with Crippen LogP contribution in [0.5, 0.6) is 0 Å². The van der Waals surface area contributed by atoms with Crippen LogP contribution in [0.15, 0.2) is 18.2 Å². The Morgan fingerprint density at radius 1 is 1.35 bits per heavy atom. The van der Waals surface area contributed by atoms with Crippen molar-refractivity contribution in [2.75, 3.05) is 0 Å². The maximum atomic E-state index is 13.5. The summed E-state index contributed by atoms with van der Waals surface area (Å²) in [6, 6.07) is 4.56. The van der Waals surface area contributed by atoms with Gasteiger partial charge in [-0.3, -0.25) is 0 Å². The van der Waals surface area contributed by atoms with Crippen molar-refractivity contribution >= 4 is 11.6 Å². The highest BCUT2D eigenvalue weighted by Crippen LogP contribution is 2.45. The molecule has 1 saturated carbocycles. The quantitative estimate of drug-likeness (QED) is 0.820. The third-order valence-corrected chi connectivity index (χ3v) is 5.02. The Bertz CT molecular complexity index is 480. The zero-order chi connectivity index (χ0) is 15.0. The topological polar surface area (TPSA) is 26.0 Å². The number of hydrogen-bond acceptors (Lipinski definition) is 1. The molecule has 2 rings (SSSR count). The summed E-state index contributed by atoms with van der Waals surface area (Å²) in [5.41, 5.74) is 7.48. The van der Waals surface area contributed by atoms with Crippen molar-refractivity contribution < 1.29 is 4.39 Å². The molecule has 0 spiro atoms. The van der Waals surface area contributed by atoms with E-state index in [0.717, 1.165) is 24.8 Å². The van der Waals surface area contributed by atoms with Crippen LogP contribution in [-0.4, -0.2) is 5.54 Å². The first kappa shape index (κ1) is 15.8. The van der Waals surface area contributed by atoms with Crippen LogP contribution < -0.4 is 5.73 Å². The zero-order valence-corrected chi connectivity index (χ0v) is 13.4. The minimum atomic E-state index is -0.284. The predicted octanol–water partition coefficient (Wildman–Crippen LogP) is 4.96. The molecule has 1 aromatic carbocycles. The van der Waals surface area contributed by atoms with E-state index in [1.807, 2.05) is 0 Å². The van der Waals surface area contributed by atoms with Gasteiger partial charge in [0.15, 0.2) is 0 Å². The average molecular weight is 298 g/mol. The van der Waals surface area contributed by atoms with Crippen LogP contribution in [0, 0.1) is 17.2 Å². The molecular weight excluding hydrogens is 273 g/mol. The summed E-state index contributed by atoms with van der Waals surface area (Å²) >= 11 is 6.22. The van der Waals surface area contributed by atoms with Gasteiger partial charge in [-0.25, -0.2) is 4.39 Å². The normalized spacial score (nSPS) is 27.6. The SMILES string of the molecule is CC(C)(C)C1CCCCC1(N)Cc1cc(F)ccc1Cl. The summed E-state index contributed by atoms with van der Waals surface area (Å²) in [5, 5.41) is 0.620. The highest BCUT2D eigenvalue weighted by Gasteiger charge is 2.43. The lowest BCUT2D eigenvalue weighted by Crippen LogP contribution is -2.55. The van der Waals surface area contributed by atoms with Crippen molar-refractivity contribution in [2.45, 2.75) is 58.4 Å². The molecule has 2 atom stereocenters. The van der Waals surface area contributed by atoms with E-state index in [-0.39, 0.29) is 16.8 Å². The molecule has 1 aliphatic carbocycles. The molecule has 1 aromatic rings. The second-order valence-electron chi connectivity index (χ2n) is 7.31. The van der Waals surface area contributed by atoms with Crippen molar-refractivity contribution in [3.05, 3.63) is 34.6 Å². The van der Waals surface area contributed by atoms with Crippen LogP contribution in [0.25, 0.3) is 0 Å². The minimum absolute atomic E-state index is 0.162. The fraction of sp³-hybridized carbons (Fsp3) is 0.647. The summed E-state index contributed by atoms with van der Waals surface area (Å²) in [6.45, 7) is 6.74. The van der Waals surface area contributed by atoms with E-state index < -0.39 is 0 Å². The second kappa shape index (κ2) is 5.65. The van der Waals surface area contributed by atoms with Crippen LogP contribution in [-0.2, 0) is 6.42 Å². The molecule has 0 bridgehead atoms. The Morgan fingerprint density at radius 3 is 2.70 bits per heavy atom. The van der Waals surface area contributed by atoms with Gasteiger partial charge in [0.2, 0.25) is 0 Å². The molecule has 1 fully saturated rings. The Kier molecular flexibility index (Phi) is 4.46. The van der Waals surface area contributed by atoms with Crippen LogP contribution in [0.4, 0.5) is 4.39 Å². The lowest BCUT2D eigenvalue weighted by atomic mass is 9.61. The molecule has 0 aliphatic heterocycles. The van der Waals surface area contributed by atoms with Gasteiger partial charge in [0.25, 0.3) is 0 Å². The van der Waals surface area contributed by atoms with Gasteiger partial charge in [-0.1, -0.05) is 45.2 Å². The van der Waals surface area contributed by atoms with E-state index in [1.54, 1.807) is 6.07 Å². The first-order valence-electron chi connectivity index (χ1n) is 7.45. The largest absolute Gasteiger partial charge is 0.325 e. The molecule has 2 N–H and O–H groups in total. The summed E-state index contributed by atoms with van der Waals surface area (Å²) in [7, 11) is 0. The molecule has 1 nitrogen and oxygen atoms in total. The molecular formula is C17H25ClFN. The molecule has 0 heterocycles. The molecule has 0 aromatic heterocycles. The molecule has 0 amide bonds. The van der Waals surface area contributed by atoms with E-state index in [4.69, 9.17) is 17.3 Å². The van der Waals surface area contributed by atoms with E-state index >= 15 is 0 Å². The van der Waals surface area contributed by atoms with Gasteiger partial charge in [-0.15, -0.1) is 0 Å². The summed E-state index contributed by atoms with van der Waals surface area (Å²) in [6.07, 6.45) is 5.17. The van der Waals surface area contributed by atoms with Crippen molar-refractivity contribution in [1.82, 2.24) is 0 Å². The number of halogens is 2.